The number of aromatic hydroxyl groups is 2. The summed E-state index contributed by atoms with van der Waals surface area (Å²) in [5.41, 5.74) is -0.254. The zero-order valence-corrected chi connectivity index (χ0v) is 18.7. The minimum Gasteiger partial charge on any atom is -0.508 e. The van der Waals surface area contributed by atoms with Gasteiger partial charge in [0.1, 0.15) is 11.5 Å². The highest BCUT2D eigenvalue weighted by atomic mass is 32.2. The van der Waals surface area contributed by atoms with Gasteiger partial charge < -0.3 is 10.2 Å². The molecule has 0 amide bonds. The highest BCUT2D eigenvalue weighted by Gasteiger charge is 2.30. The van der Waals surface area contributed by atoms with Crippen molar-refractivity contribution in [3.8, 4) is 11.5 Å². The summed E-state index contributed by atoms with van der Waals surface area (Å²) in [6, 6.07) is 4.27. The van der Waals surface area contributed by atoms with Gasteiger partial charge in [-0.15, -0.1) is 0 Å². The van der Waals surface area contributed by atoms with Crippen LogP contribution in [0.25, 0.3) is 0 Å². The molecular formula is C22H39NO4S. The number of phenols is 2. The average molecular weight is 414 g/mol. The van der Waals surface area contributed by atoms with Crippen molar-refractivity contribution < 1.29 is 18.6 Å². The van der Waals surface area contributed by atoms with Gasteiger partial charge in [-0.1, -0.05) is 84.6 Å². The molecule has 0 fully saturated rings. The van der Waals surface area contributed by atoms with Gasteiger partial charge in [-0.2, -0.15) is 0 Å². The molecule has 0 bridgehead atoms. The largest absolute Gasteiger partial charge is 0.508 e. The molecule has 28 heavy (non-hydrogen) atoms. The minimum absolute atomic E-state index is 0.0426. The number of hydrogen-bond donors (Lipinski definition) is 3. The summed E-state index contributed by atoms with van der Waals surface area (Å²) in [5, 5.41) is 19.4. The van der Waals surface area contributed by atoms with E-state index in [1.54, 1.807) is 19.9 Å². The third-order valence-corrected chi connectivity index (χ3v) is 6.86. The van der Waals surface area contributed by atoms with E-state index < -0.39 is 15.4 Å². The quantitative estimate of drug-likeness (QED) is 0.344. The second-order valence-electron chi connectivity index (χ2n) is 8.42. The van der Waals surface area contributed by atoms with E-state index >= 15 is 0 Å². The lowest BCUT2D eigenvalue weighted by molar-refractivity contribution is 0.431. The lowest BCUT2D eigenvalue weighted by atomic mass is 9.86. The average Bonchev–Trinajstić information content (AvgIpc) is 2.58. The maximum atomic E-state index is 12.4. The van der Waals surface area contributed by atoms with E-state index in [0.717, 1.165) is 19.3 Å². The number of phenolic OH excluding ortho intramolecular Hbond substituents is 2. The van der Waals surface area contributed by atoms with Gasteiger partial charge in [-0.25, -0.2) is 13.1 Å². The molecule has 0 saturated carbocycles. The van der Waals surface area contributed by atoms with Crippen molar-refractivity contribution in [3.63, 3.8) is 0 Å². The fourth-order valence-corrected chi connectivity index (χ4v) is 5.20. The van der Waals surface area contributed by atoms with Crippen LogP contribution in [-0.2, 0) is 15.4 Å². The van der Waals surface area contributed by atoms with E-state index in [9.17, 15) is 18.6 Å². The van der Waals surface area contributed by atoms with Gasteiger partial charge in [0.25, 0.3) is 0 Å². The molecule has 1 aromatic carbocycles. The molecule has 0 aliphatic rings. The van der Waals surface area contributed by atoms with Crippen LogP contribution in [0.5, 0.6) is 11.5 Å². The van der Waals surface area contributed by atoms with E-state index in [0.29, 0.717) is 12.1 Å². The van der Waals surface area contributed by atoms with E-state index in [4.69, 9.17) is 0 Å². The second-order valence-corrected chi connectivity index (χ2v) is 10.2. The van der Waals surface area contributed by atoms with E-state index in [2.05, 4.69) is 11.6 Å². The lowest BCUT2D eigenvalue weighted by Gasteiger charge is -2.26. The summed E-state index contributed by atoms with van der Waals surface area (Å²) < 4.78 is 27.5. The Morgan fingerprint density at radius 2 is 1.43 bits per heavy atom. The molecule has 0 unspecified atom stereocenters. The first-order valence-corrected chi connectivity index (χ1v) is 12.3. The summed E-state index contributed by atoms with van der Waals surface area (Å²) in [4.78, 5) is 0. The van der Waals surface area contributed by atoms with Crippen LogP contribution in [0.3, 0.4) is 0 Å². The SMILES string of the molecule is CCCCCCCCCCCCNS(=O)(=O)CC(C)(C)c1ccc(O)cc1O. The first-order valence-electron chi connectivity index (χ1n) is 10.7. The Kier molecular flexibility index (Phi) is 10.9. The Balaban J connectivity index is 2.27. The topological polar surface area (TPSA) is 86.6 Å². The Morgan fingerprint density at radius 3 is 1.96 bits per heavy atom. The standard InChI is InChI=1S/C22H39NO4S/c1-4-5-6-7-8-9-10-11-12-13-16-23-28(26,27)18-22(2,3)20-15-14-19(24)17-21(20)25/h14-15,17,23-25H,4-13,16,18H2,1-3H3. The van der Waals surface area contributed by atoms with Crippen LogP contribution in [0.2, 0.25) is 0 Å². The van der Waals surface area contributed by atoms with Crippen molar-refractivity contribution in [2.45, 2.75) is 90.4 Å². The van der Waals surface area contributed by atoms with Crippen molar-refractivity contribution in [1.29, 1.82) is 0 Å². The first-order chi connectivity index (χ1) is 13.2. The van der Waals surface area contributed by atoms with Gasteiger partial charge in [-0.3, -0.25) is 0 Å². The van der Waals surface area contributed by atoms with Crippen molar-refractivity contribution in [2.24, 2.45) is 0 Å². The Morgan fingerprint density at radius 1 is 0.893 bits per heavy atom. The molecule has 0 aromatic heterocycles. The van der Waals surface area contributed by atoms with Crippen LogP contribution in [0, 0.1) is 0 Å². The second kappa shape index (κ2) is 12.3. The number of unbranched alkanes of at least 4 members (excludes halogenated alkanes) is 9. The van der Waals surface area contributed by atoms with Crippen molar-refractivity contribution in [1.82, 2.24) is 4.72 Å². The zero-order chi connectivity index (χ0) is 21.0. The monoisotopic (exact) mass is 413 g/mol. The van der Waals surface area contributed by atoms with Crippen molar-refractivity contribution >= 4 is 10.0 Å². The van der Waals surface area contributed by atoms with Gasteiger partial charge in [0.2, 0.25) is 10.0 Å². The van der Waals surface area contributed by atoms with Crippen LogP contribution >= 0.6 is 0 Å². The lowest BCUT2D eigenvalue weighted by Crippen LogP contribution is -2.36. The molecule has 1 rings (SSSR count). The van der Waals surface area contributed by atoms with Crippen LogP contribution in [0.15, 0.2) is 18.2 Å². The number of hydrogen-bond acceptors (Lipinski definition) is 4. The molecule has 5 nitrogen and oxygen atoms in total. The Bertz CT molecular complexity index is 671. The van der Waals surface area contributed by atoms with Gasteiger partial charge >= 0.3 is 0 Å². The Hall–Kier alpha value is -1.27. The number of rotatable bonds is 15. The summed E-state index contributed by atoms with van der Waals surface area (Å²) in [6.07, 6.45) is 12.2. The van der Waals surface area contributed by atoms with Gasteiger partial charge in [0, 0.05) is 23.6 Å². The molecule has 162 valence electrons. The Labute approximate surface area is 171 Å². The number of sulfonamides is 1. The van der Waals surface area contributed by atoms with Crippen LogP contribution < -0.4 is 4.72 Å². The highest BCUT2D eigenvalue weighted by Crippen LogP contribution is 2.34. The van der Waals surface area contributed by atoms with E-state index in [1.165, 1.54) is 57.1 Å². The molecular weight excluding hydrogens is 374 g/mol. The third kappa shape index (κ3) is 9.78. The van der Waals surface area contributed by atoms with Crippen LogP contribution in [0.1, 0.15) is 90.5 Å². The first kappa shape index (κ1) is 24.8. The molecule has 0 atom stereocenters. The van der Waals surface area contributed by atoms with Crippen LogP contribution in [0.4, 0.5) is 0 Å². The minimum atomic E-state index is -3.45. The van der Waals surface area contributed by atoms with Gasteiger partial charge in [0.05, 0.1) is 5.75 Å². The molecule has 0 radical (unpaired) electrons. The molecule has 6 heteroatoms. The number of nitrogens with one attached hydrogen (secondary N) is 1. The molecule has 0 spiro atoms. The molecule has 0 aliphatic carbocycles. The normalized spacial score (nSPS) is 12.4. The summed E-state index contributed by atoms with van der Waals surface area (Å²) >= 11 is 0. The fraction of sp³-hybridized carbons (Fsp3) is 0.727. The molecule has 1 aromatic rings. The predicted molar refractivity (Wildman–Crippen MR) is 116 cm³/mol. The zero-order valence-electron chi connectivity index (χ0n) is 17.8. The van der Waals surface area contributed by atoms with Gasteiger partial charge in [-0.05, 0) is 12.5 Å². The summed E-state index contributed by atoms with van der Waals surface area (Å²) in [6.45, 7) is 6.24. The maximum absolute atomic E-state index is 12.4. The fourth-order valence-electron chi connectivity index (χ4n) is 3.54. The molecule has 0 saturated heterocycles. The van der Waals surface area contributed by atoms with Crippen LogP contribution in [-0.4, -0.2) is 30.9 Å². The highest BCUT2D eigenvalue weighted by molar-refractivity contribution is 7.89. The van der Waals surface area contributed by atoms with Crippen molar-refractivity contribution in [3.05, 3.63) is 23.8 Å². The smallest absolute Gasteiger partial charge is 0.212 e. The molecule has 0 heterocycles. The third-order valence-electron chi connectivity index (χ3n) is 5.11. The van der Waals surface area contributed by atoms with Gasteiger partial charge in [0.15, 0.2) is 0 Å². The summed E-state index contributed by atoms with van der Waals surface area (Å²) in [5.74, 6) is -0.246. The van der Waals surface area contributed by atoms with E-state index in [-0.39, 0.29) is 17.3 Å². The van der Waals surface area contributed by atoms with Crippen molar-refractivity contribution in [2.75, 3.05) is 12.3 Å². The van der Waals surface area contributed by atoms with E-state index in [1.807, 2.05) is 0 Å². The summed E-state index contributed by atoms with van der Waals surface area (Å²) in [7, 11) is -3.45. The molecule has 3 N–H and O–H groups in total. The number of benzene rings is 1. The molecule has 0 aliphatic heterocycles. The maximum Gasteiger partial charge on any atom is 0.212 e. The predicted octanol–water partition coefficient (Wildman–Crippen LogP) is 5.22.